The summed E-state index contributed by atoms with van der Waals surface area (Å²) in [5.41, 5.74) is 0. The third-order valence-corrected chi connectivity index (χ3v) is 1.13. The summed E-state index contributed by atoms with van der Waals surface area (Å²) in [6.45, 7) is 1.49. The van der Waals surface area contributed by atoms with Gasteiger partial charge in [-0.05, 0) is 12.2 Å². The molecule has 0 aliphatic heterocycles. The van der Waals surface area contributed by atoms with E-state index in [9.17, 15) is 18.0 Å². The van der Waals surface area contributed by atoms with E-state index in [1.54, 1.807) is 0 Å². The Balaban J connectivity index is 4.23. The molecule has 0 aromatic rings. The summed E-state index contributed by atoms with van der Waals surface area (Å²) in [6, 6.07) is 0. The number of ether oxygens (including phenoxy) is 1. The molecule has 14 heavy (non-hydrogen) atoms. The van der Waals surface area contributed by atoms with E-state index in [0.29, 0.717) is 18.4 Å². The number of hydrogen-bond acceptors (Lipinski definition) is 2. The summed E-state index contributed by atoms with van der Waals surface area (Å²) in [5, 5.41) is 0. The SMILES string of the molecule is C=C(OCC=O)/C(F)=C\C=C(\F)CF. The molecule has 0 saturated carbocycles. The number of alkyl halides is 1. The summed E-state index contributed by atoms with van der Waals surface area (Å²) in [5.74, 6) is -2.47. The lowest BCUT2D eigenvalue weighted by molar-refractivity contribution is -0.110. The van der Waals surface area contributed by atoms with Crippen LogP contribution in [0.5, 0.6) is 0 Å². The molecule has 2 nitrogen and oxygen atoms in total. The molecular formula is C9H9F3O2. The van der Waals surface area contributed by atoms with E-state index < -0.39 is 24.1 Å². The van der Waals surface area contributed by atoms with Gasteiger partial charge in [-0.3, -0.25) is 4.79 Å². The van der Waals surface area contributed by atoms with Gasteiger partial charge in [0, 0.05) is 0 Å². The van der Waals surface area contributed by atoms with Gasteiger partial charge in [-0.25, -0.2) is 13.2 Å². The van der Waals surface area contributed by atoms with Crippen molar-refractivity contribution in [2.24, 2.45) is 0 Å². The standard InChI is InChI=1S/C9H9F3O2/c1-7(14-5-4-13)9(12)3-2-8(11)6-10/h2-4H,1,5-6H2/b8-2+,9-3+. The second kappa shape index (κ2) is 6.94. The minimum absolute atomic E-state index is 0.338. The largest absolute Gasteiger partial charge is 0.484 e. The second-order valence-electron chi connectivity index (χ2n) is 2.16. The molecule has 0 N–H and O–H groups in total. The van der Waals surface area contributed by atoms with Gasteiger partial charge in [-0.2, -0.15) is 0 Å². The van der Waals surface area contributed by atoms with Crippen LogP contribution in [0.4, 0.5) is 13.2 Å². The average Bonchev–Trinajstić information content (AvgIpc) is 2.21. The third kappa shape index (κ3) is 5.18. The van der Waals surface area contributed by atoms with Gasteiger partial charge in [0.25, 0.3) is 0 Å². The first-order chi connectivity index (χ1) is 6.61. The highest BCUT2D eigenvalue weighted by Crippen LogP contribution is 2.11. The normalized spacial score (nSPS) is 12.5. The summed E-state index contributed by atoms with van der Waals surface area (Å²) in [6.07, 6.45) is 1.70. The highest BCUT2D eigenvalue weighted by molar-refractivity contribution is 5.51. The number of rotatable bonds is 6. The molecule has 0 spiro atoms. The van der Waals surface area contributed by atoms with Gasteiger partial charge >= 0.3 is 0 Å². The fraction of sp³-hybridized carbons (Fsp3) is 0.222. The molecule has 0 fully saturated rings. The lowest BCUT2D eigenvalue weighted by atomic mass is 10.4. The van der Waals surface area contributed by atoms with Crippen LogP contribution in [0.3, 0.4) is 0 Å². The van der Waals surface area contributed by atoms with Crippen LogP contribution in [0.1, 0.15) is 0 Å². The minimum atomic E-state index is -1.30. The highest BCUT2D eigenvalue weighted by Gasteiger charge is 2.01. The molecule has 0 atom stereocenters. The predicted octanol–water partition coefficient (Wildman–Crippen LogP) is 2.39. The van der Waals surface area contributed by atoms with Crippen molar-refractivity contribution in [3.05, 3.63) is 36.1 Å². The van der Waals surface area contributed by atoms with Crippen molar-refractivity contribution in [3.63, 3.8) is 0 Å². The monoisotopic (exact) mass is 206 g/mol. The Morgan fingerprint density at radius 2 is 2.00 bits per heavy atom. The Kier molecular flexibility index (Phi) is 6.19. The van der Waals surface area contributed by atoms with Gasteiger partial charge in [0.2, 0.25) is 0 Å². The number of halogens is 3. The van der Waals surface area contributed by atoms with Crippen molar-refractivity contribution in [2.75, 3.05) is 13.3 Å². The van der Waals surface area contributed by atoms with Crippen molar-refractivity contribution >= 4 is 6.29 Å². The summed E-state index contributed by atoms with van der Waals surface area (Å²) >= 11 is 0. The molecule has 0 bridgehead atoms. The Bertz CT molecular complexity index is 269. The Hall–Kier alpha value is -1.52. The molecule has 0 heterocycles. The number of hydrogen-bond donors (Lipinski definition) is 0. The van der Waals surface area contributed by atoms with E-state index >= 15 is 0 Å². The van der Waals surface area contributed by atoms with E-state index in [-0.39, 0.29) is 6.61 Å². The maximum atomic E-state index is 12.8. The van der Waals surface area contributed by atoms with Gasteiger partial charge in [-0.1, -0.05) is 6.58 Å². The molecule has 0 saturated heterocycles. The molecule has 0 unspecified atom stereocenters. The lowest BCUT2D eigenvalue weighted by Crippen LogP contribution is -1.94. The smallest absolute Gasteiger partial charge is 0.164 e. The molecule has 78 valence electrons. The Morgan fingerprint density at radius 1 is 1.36 bits per heavy atom. The van der Waals surface area contributed by atoms with Crippen molar-refractivity contribution in [1.29, 1.82) is 0 Å². The molecule has 0 amide bonds. The highest BCUT2D eigenvalue weighted by atomic mass is 19.2. The van der Waals surface area contributed by atoms with Gasteiger partial charge in [0.1, 0.15) is 24.9 Å². The van der Waals surface area contributed by atoms with Crippen LogP contribution in [-0.2, 0) is 9.53 Å². The number of allylic oxidation sites excluding steroid dienone is 4. The topological polar surface area (TPSA) is 26.3 Å². The van der Waals surface area contributed by atoms with E-state index in [1.807, 2.05) is 0 Å². The van der Waals surface area contributed by atoms with E-state index in [1.165, 1.54) is 0 Å². The van der Waals surface area contributed by atoms with Crippen molar-refractivity contribution in [2.45, 2.75) is 0 Å². The Labute approximate surface area is 79.4 Å². The van der Waals surface area contributed by atoms with E-state index in [0.717, 1.165) is 0 Å². The first-order valence-electron chi connectivity index (χ1n) is 3.65. The summed E-state index contributed by atoms with van der Waals surface area (Å²) in [7, 11) is 0. The number of aldehydes is 1. The van der Waals surface area contributed by atoms with Gasteiger partial charge in [0.05, 0.1) is 0 Å². The van der Waals surface area contributed by atoms with E-state index in [4.69, 9.17) is 0 Å². The van der Waals surface area contributed by atoms with Crippen molar-refractivity contribution < 1.29 is 22.7 Å². The number of carbonyl (C=O) groups excluding carboxylic acids is 1. The fourth-order valence-electron chi connectivity index (χ4n) is 0.505. The van der Waals surface area contributed by atoms with Crippen LogP contribution in [0.2, 0.25) is 0 Å². The first-order valence-corrected chi connectivity index (χ1v) is 3.65. The second-order valence-corrected chi connectivity index (χ2v) is 2.16. The molecule has 0 aliphatic rings. The molecule has 5 heteroatoms. The van der Waals surface area contributed by atoms with Crippen molar-refractivity contribution in [3.8, 4) is 0 Å². The molecule has 0 aliphatic carbocycles. The fourth-order valence-corrected chi connectivity index (χ4v) is 0.505. The zero-order valence-corrected chi connectivity index (χ0v) is 7.30. The molecule has 0 aromatic heterocycles. The zero-order chi connectivity index (χ0) is 11.0. The zero-order valence-electron chi connectivity index (χ0n) is 7.30. The molecule has 0 aromatic carbocycles. The molecular weight excluding hydrogens is 197 g/mol. The minimum Gasteiger partial charge on any atom is -0.484 e. The van der Waals surface area contributed by atoms with Crippen LogP contribution >= 0.6 is 0 Å². The number of carbonyl (C=O) groups is 1. The Morgan fingerprint density at radius 3 is 2.50 bits per heavy atom. The maximum Gasteiger partial charge on any atom is 0.164 e. The van der Waals surface area contributed by atoms with E-state index in [2.05, 4.69) is 11.3 Å². The summed E-state index contributed by atoms with van der Waals surface area (Å²) < 4.78 is 41.0. The molecule has 0 radical (unpaired) electrons. The quantitative estimate of drug-likeness (QED) is 0.379. The van der Waals surface area contributed by atoms with Crippen LogP contribution in [0, 0.1) is 0 Å². The van der Waals surface area contributed by atoms with Crippen molar-refractivity contribution in [1.82, 2.24) is 0 Å². The van der Waals surface area contributed by atoms with Gasteiger partial charge < -0.3 is 4.74 Å². The maximum absolute atomic E-state index is 12.8. The van der Waals surface area contributed by atoms with Gasteiger partial charge in [0.15, 0.2) is 12.1 Å². The first kappa shape index (κ1) is 12.5. The average molecular weight is 206 g/mol. The van der Waals surface area contributed by atoms with Crippen LogP contribution in [0.15, 0.2) is 36.1 Å². The predicted molar refractivity (Wildman–Crippen MR) is 45.5 cm³/mol. The van der Waals surface area contributed by atoms with Crippen LogP contribution in [-0.4, -0.2) is 19.6 Å². The lowest BCUT2D eigenvalue weighted by Gasteiger charge is -2.01. The van der Waals surface area contributed by atoms with Crippen LogP contribution < -0.4 is 0 Å². The summed E-state index contributed by atoms with van der Waals surface area (Å²) in [4.78, 5) is 9.81. The molecule has 0 rings (SSSR count). The third-order valence-electron chi connectivity index (χ3n) is 1.13. The van der Waals surface area contributed by atoms with Crippen LogP contribution in [0.25, 0.3) is 0 Å². The van der Waals surface area contributed by atoms with Gasteiger partial charge in [-0.15, -0.1) is 0 Å².